The van der Waals surface area contributed by atoms with E-state index in [2.05, 4.69) is 38.2 Å². The van der Waals surface area contributed by atoms with E-state index in [-0.39, 0.29) is 11.5 Å². The zero-order valence-corrected chi connectivity index (χ0v) is 22.7. The van der Waals surface area contributed by atoms with E-state index in [1.54, 1.807) is 23.1 Å². The number of amides is 1. The van der Waals surface area contributed by atoms with E-state index < -0.39 is 0 Å². The highest BCUT2D eigenvalue weighted by atomic mass is 32.2. The highest BCUT2D eigenvalue weighted by Crippen LogP contribution is 2.43. The van der Waals surface area contributed by atoms with Gasteiger partial charge < -0.3 is 10.1 Å². The number of carbonyl (C=O) groups excluding carboxylic acids is 1. The van der Waals surface area contributed by atoms with Crippen LogP contribution < -0.4 is 5.32 Å². The number of carbonyl (C=O) groups is 1. The average Bonchev–Trinajstić information content (AvgIpc) is 3.23. The van der Waals surface area contributed by atoms with Crippen LogP contribution in [0.1, 0.15) is 44.1 Å². The molecule has 0 fully saturated rings. The summed E-state index contributed by atoms with van der Waals surface area (Å²) in [5.74, 6) is 1.23. The van der Waals surface area contributed by atoms with Gasteiger partial charge in [0, 0.05) is 33.5 Å². The first-order valence-electron chi connectivity index (χ1n) is 12.0. The second kappa shape index (κ2) is 10.5. The molecule has 0 spiro atoms. The normalized spacial score (nSPS) is 17.6. The number of thioether (sulfide) groups is 2. The summed E-state index contributed by atoms with van der Waals surface area (Å²) in [7, 11) is 0. The smallest absolute Gasteiger partial charge is 0.234 e. The van der Waals surface area contributed by atoms with Crippen molar-refractivity contribution in [1.82, 2.24) is 9.97 Å². The average molecular weight is 524 g/mol. The maximum atomic E-state index is 13.0. The molecule has 1 aliphatic heterocycles. The van der Waals surface area contributed by atoms with Crippen LogP contribution in [0.4, 0.5) is 5.69 Å². The molecule has 4 aromatic rings. The molecule has 1 N–H and O–H groups in total. The van der Waals surface area contributed by atoms with Crippen molar-refractivity contribution >= 4 is 67.4 Å². The molecule has 0 saturated carbocycles. The summed E-state index contributed by atoms with van der Waals surface area (Å²) in [6, 6.07) is 14.1. The fourth-order valence-electron chi connectivity index (χ4n) is 4.26. The largest absolute Gasteiger partial charge is 0.369 e. The lowest BCUT2D eigenvalue weighted by Crippen LogP contribution is -2.33. The number of hydrogen-bond donors (Lipinski definition) is 1. The van der Waals surface area contributed by atoms with Crippen LogP contribution in [0.3, 0.4) is 0 Å². The van der Waals surface area contributed by atoms with Crippen LogP contribution in [0.15, 0.2) is 52.6 Å². The number of thiophene rings is 1. The Morgan fingerprint density at radius 3 is 2.80 bits per heavy atom. The minimum atomic E-state index is -0.176. The Morgan fingerprint density at radius 2 is 1.97 bits per heavy atom. The summed E-state index contributed by atoms with van der Waals surface area (Å²) in [6.45, 7) is 7.12. The lowest BCUT2D eigenvalue weighted by Gasteiger charge is -2.33. The number of ether oxygens (including phenoxy) is 1. The number of fused-ring (bicyclic) bond motifs is 4. The fourth-order valence-corrected chi connectivity index (χ4v) is 7.10. The topological polar surface area (TPSA) is 64.1 Å². The summed E-state index contributed by atoms with van der Waals surface area (Å²) >= 11 is 4.89. The molecular formula is C27H29N3O2S3. The predicted octanol–water partition coefficient (Wildman–Crippen LogP) is 7.32. The molecule has 0 saturated heterocycles. The van der Waals surface area contributed by atoms with Gasteiger partial charge in [0.2, 0.25) is 5.91 Å². The van der Waals surface area contributed by atoms with Gasteiger partial charge in [-0.1, -0.05) is 73.8 Å². The van der Waals surface area contributed by atoms with E-state index in [1.807, 2.05) is 30.3 Å². The number of aromatic nitrogens is 2. The van der Waals surface area contributed by atoms with Gasteiger partial charge in [0.15, 0.2) is 5.16 Å². The summed E-state index contributed by atoms with van der Waals surface area (Å²) in [5, 5.41) is 8.06. The second-order valence-electron chi connectivity index (χ2n) is 8.98. The third kappa shape index (κ3) is 5.21. The Balaban J connectivity index is 1.43. The predicted molar refractivity (Wildman–Crippen MR) is 149 cm³/mol. The van der Waals surface area contributed by atoms with E-state index in [0.717, 1.165) is 61.9 Å². The minimum Gasteiger partial charge on any atom is -0.369 e. The van der Waals surface area contributed by atoms with Crippen molar-refractivity contribution in [3.8, 4) is 0 Å². The van der Waals surface area contributed by atoms with E-state index in [4.69, 9.17) is 14.7 Å². The standard InChI is InChI=1S/C27H29N3O2S3/c1-4-13-33-26-29-24(23-19-14-27(3,5-2)32-15-21(19)35-25(23)30-26)34-16-22(31)28-20-12-8-10-17-9-6-7-11-18(17)20/h6-12H,4-5,13-16H2,1-3H3,(H,28,31)/t27-/m0/s1. The van der Waals surface area contributed by atoms with Gasteiger partial charge in [-0.05, 0) is 36.8 Å². The molecule has 2 aromatic heterocycles. The van der Waals surface area contributed by atoms with Crippen molar-refractivity contribution in [1.29, 1.82) is 0 Å². The Morgan fingerprint density at radius 1 is 1.14 bits per heavy atom. The molecule has 182 valence electrons. The zero-order valence-electron chi connectivity index (χ0n) is 20.2. The molecule has 0 bridgehead atoms. The molecular weight excluding hydrogens is 495 g/mol. The van der Waals surface area contributed by atoms with Crippen molar-refractivity contribution in [2.45, 2.75) is 62.4 Å². The van der Waals surface area contributed by atoms with Crippen molar-refractivity contribution < 1.29 is 9.53 Å². The number of nitrogens with zero attached hydrogens (tertiary/aromatic N) is 2. The van der Waals surface area contributed by atoms with Gasteiger partial charge in [-0.3, -0.25) is 4.79 Å². The van der Waals surface area contributed by atoms with Crippen molar-refractivity contribution in [2.24, 2.45) is 0 Å². The third-order valence-electron chi connectivity index (χ3n) is 6.37. The number of rotatable bonds is 8. The molecule has 2 aromatic carbocycles. The highest BCUT2D eigenvalue weighted by molar-refractivity contribution is 8.00. The van der Waals surface area contributed by atoms with Gasteiger partial charge in [-0.15, -0.1) is 11.3 Å². The van der Waals surface area contributed by atoms with Gasteiger partial charge in [-0.25, -0.2) is 9.97 Å². The molecule has 5 rings (SSSR count). The minimum absolute atomic E-state index is 0.0355. The Hall–Kier alpha value is -2.13. The monoisotopic (exact) mass is 523 g/mol. The highest BCUT2D eigenvalue weighted by Gasteiger charge is 2.33. The first-order valence-corrected chi connectivity index (χ1v) is 14.8. The van der Waals surface area contributed by atoms with Gasteiger partial charge in [0.1, 0.15) is 9.86 Å². The third-order valence-corrected chi connectivity index (χ3v) is 9.50. The molecule has 0 unspecified atom stereocenters. The summed E-state index contributed by atoms with van der Waals surface area (Å²) < 4.78 is 6.19. The van der Waals surface area contributed by atoms with Crippen molar-refractivity contribution in [2.75, 3.05) is 16.8 Å². The van der Waals surface area contributed by atoms with Crippen LogP contribution in [-0.2, 0) is 22.6 Å². The van der Waals surface area contributed by atoms with Gasteiger partial charge in [0.05, 0.1) is 18.0 Å². The zero-order chi connectivity index (χ0) is 24.4. The van der Waals surface area contributed by atoms with Gasteiger partial charge in [-0.2, -0.15) is 0 Å². The molecule has 1 amide bonds. The molecule has 5 nitrogen and oxygen atoms in total. The van der Waals surface area contributed by atoms with Crippen LogP contribution in [-0.4, -0.2) is 33.0 Å². The van der Waals surface area contributed by atoms with E-state index in [1.165, 1.54) is 22.2 Å². The molecule has 3 heterocycles. The molecule has 0 radical (unpaired) electrons. The summed E-state index contributed by atoms with van der Waals surface area (Å²) in [4.78, 5) is 25.0. The van der Waals surface area contributed by atoms with E-state index >= 15 is 0 Å². The van der Waals surface area contributed by atoms with Gasteiger partial charge >= 0.3 is 0 Å². The van der Waals surface area contributed by atoms with Crippen LogP contribution in [0.5, 0.6) is 0 Å². The quantitative estimate of drug-likeness (QED) is 0.148. The molecule has 8 heteroatoms. The number of benzene rings is 2. The summed E-state index contributed by atoms with van der Waals surface area (Å²) in [5.41, 5.74) is 1.96. The molecule has 0 aliphatic carbocycles. The second-order valence-corrected chi connectivity index (χ2v) is 12.1. The SMILES string of the molecule is CCCSc1nc(SCC(=O)Nc2cccc3ccccc23)c2c3c(sc2n1)CO[C@@](C)(CC)C3. The first kappa shape index (κ1) is 24.6. The number of anilines is 1. The molecule has 35 heavy (non-hydrogen) atoms. The lowest BCUT2D eigenvalue weighted by molar-refractivity contribution is -0.113. The van der Waals surface area contributed by atoms with E-state index in [0.29, 0.717) is 12.4 Å². The molecule has 1 aliphatic rings. The van der Waals surface area contributed by atoms with Gasteiger partial charge in [0.25, 0.3) is 0 Å². The first-order chi connectivity index (χ1) is 17.0. The summed E-state index contributed by atoms with van der Waals surface area (Å²) in [6.07, 6.45) is 2.86. The van der Waals surface area contributed by atoms with Crippen LogP contribution in [0, 0.1) is 0 Å². The number of nitrogens with one attached hydrogen (secondary N) is 1. The van der Waals surface area contributed by atoms with Crippen molar-refractivity contribution in [3.63, 3.8) is 0 Å². The Kier molecular flexibility index (Phi) is 7.34. The van der Waals surface area contributed by atoms with Crippen LogP contribution in [0.25, 0.3) is 21.0 Å². The maximum absolute atomic E-state index is 13.0. The Bertz CT molecular complexity index is 1380. The molecule has 1 atom stereocenters. The van der Waals surface area contributed by atoms with Crippen molar-refractivity contribution in [3.05, 3.63) is 52.9 Å². The van der Waals surface area contributed by atoms with E-state index in [9.17, 15) is 4.79 Å². The lowest BCUT2D eigenvalue weighted by atomic mass is 9.90. The van der Waals surface area contributed by atoms with Crippen LogP contribution in [0.2, 0.25) is 0 Å². The maximum Gasteiger partial charge on any atom is 0.234 e. The number of hydrogen-bond acceptors (Lipinski definition) is 7. The Labute approximate surface area is 218 Å². The fraction of sp³-hybridized carbons (Fsp3) is 0.370. The van der Waals surface area contributed by atoms with Crippen LogP contribution >= 0.6 is 34.9 Å².